The van der Waals surface area contributed by atoms with Crippen LogP contribution >= 0.6 is 0 Å². The van der Waals surface area contributed by atoms with E-state index in [0.717, 1.165) is 0 Å². The Morgan fingerprint density at radius 3 is 2.52 bits per heavy atom. The number of ether oxygens (including phenoxy) is 1. The van der Waals surface area contributed by atoms with E-state index in [2.05, 4.69) is 15.4 Å². The highest BCUT2D eigenvalue weighted by Gasteiger charge is 2.43. The van der Waals surface area contributed by atoms with Crippen molar-refractivity contribution in [1.82, 2.24) is 10.6 Å². The molecule has 0 saturated carbocycles. The number of amides is 3. The van der Waals surface area contributed by atoms with Crippen molar-refractivity contribution in [2.75, 3.05) is 11.8 Å². The Morgan fingerprint density at radius 2 is 1.89 bits per heavy atom. The fourth-order valence-electron chi connectivity index (χ4n) is 2.69. The van der Waals surface area contributed by atoms with Crippen LogP contribution in [0.1, 0.15) is 12.5 Å². The molecule has 0 unspecified atom stereocenters. The monoisotopic (exact) mass is 391 g/mol. The Labute approximate surface area is 155 Å². The van der Waals surface area contributed by atoms with Gasteiger partial charge in [-0.15, -0.1) is 0 Å². The van der Waals surface area contributed by atoms with Gasteiger partial charge in [0.25, 0.3) is 15.9 Å². The highest BCUT2D eigenvalue weighted by molar-refractivity contribution is 7.92. The summed E-state index contributed by atoms with van der Waals surface area (Å²) in [7, 11) is -2.75. The molecule has 10 heteroatoms. The van der Waals surface area contributed by atoms with E-state index in [-0.39, 0.29) is 16.3 Å². The average Bonchev–Trinajstić information content (AvgIpc) is 2.88. The maximum Gasteiger partial charge on any atom is 0.322 e. The number of phenolic OH excluding ortho intramolecular Hbond substituents is 1. The SMILES string of the molecule is COc1ccc(O)c(S(=O)(=O)Nc2cccc([C@@]3(C)NC(=O)NC3=O)c2)c1. The zero-order valence-electron chi connectivity index (χ0n) is 14.4. The second-order valence-corrected chi connectivity index (χ2v) is 7.70. The van der Waals surface area contributed by atoms with Crippen LogP contribution in [0.2, 0.25) is 0 Å². The fourth-order valence-corrected chi connectivity index (χ4v) is 3.85. The Hall–Kier alpha value is -3.27. The maximum atomic E-state index is 12.6. The van der Waals surface area contributed by atoms with Crippen LogP contribution in [0.4, 0.5) is 10.5 Å². The van der Waals surface area contributed by atoms with Crippen molar-refractivity contribution in [1.29, 1.82) is 0 Å². The minimum absolute atomic E-state index is 0.157. The summed E-state index contributed by atoms with van der Waals surface area (Å²) in [5.74, 6) is -0.716. The number of methoxy groups -OCH3 is 1. The highest BCUT2D eigenvalue weighted by atomic mass is 32.2. The first-order valence-corrected chi connectivity index (χ1v) is 9.28. The van der Waals surface area contributed by atoms with Gasteiger partial charge in [-0.1, -0.05) is 12.1 Å². The third-order valence-corrected chi connectivity index (χ3v) is 5.60. The van der Waals surface area contributed by atoms with Gasteiger partial charge in [-0.25, -0.2) is 13.2 Å². The van der Waals surface area contributed by atoms with E-state index >= 15 is 0 Å². The predicted molar refractivity (Wildman–Crippen MR) is 95.9 cm³/mol. The lowest BCUT2D eigenvalue weighted by Gasteiger charge is -2.22. The van der Waals surface area contributed by atoms with Gasteiger partial charge in [0.05, 0.1) is 7.11 Å². The van der Waals surface area contributed by atoms with Gasteiger partial charge in [-0.3, -0.25) is 14.8 Å². The fraction of sp³-hybridized carbons (Fsp3) is 0.176. The van der Waals surface area contributed by atoms with Gasteiger partial charge in [0.2, 0.25) is 0 Å². The summed E-state index contributed by atoms with van der Waals surface area (Å²) in [5, 5.41) is 14.6. The molecular weight excluding hydrogens is 374 g/mol. The van der Waals surface area contributed by atoms with Crippen molar-refractivity contribution in [2.45, 2.75) is 17.4 Å². The molecule has 1 aliphatic rings. The molecule has 2 aromatic carbocycles. The first-order chi connectivity index (χ1) is 12.7. The molecule has 1 saturated heterocycles. The number of nitrogens with one attached hydrogen (secondary N) is 3. The van der Waals surface area contributed by atoms with E-state index in [0.29, 0.717) is 5.56 Å². The van der Waals surface area contributed by atoms with Crippen molar-refractivity contribution < 1.29 is 27.9 Å². The summed E-state index contributed by atoms with van der Waals surface area (Å²) in [4.78, 5) is 23.1. The number of imide groups is 1. The average molecular weight is 391 g/mol. The number of hydrogen-bond acceptors (Lipinski definition) is 6. The van der Waals surface area contributed by atoms with E-state index in [4.69, 9.17) is 4.74 Å². The Kier molecular flexibility index (Phi) is 4.44. The zero-order valence-corrected chi connectivity index (χ0v) is 15.3. The van der Waals surface area contributed by atoms with Crippen molar-refractivity contribution in [2.24, 2.45) is 0 Å². The molecule has 3 amide bonds. The van der Waals surface area contributed by atoms with Gasteiger partial charge < -0.3 is 15.2 Å². The number of benzene rings is 2. The lowest BCUT2D eigenvalue weighted by atomic mass is 9.92. The Balaban J connectivity index is 1.95. The third-order valence-electron chi connectivity index (χ3n) is 4.19. The number of phenols is 1. The molecule has 4 N–H and O–H groups in total. The summed E-state index contributed by atoms with van der Waals surface area (Å²) >= 11 is 0. The van der Waals surface area contributed by atoms with Crippen molar-refractivity contribution in [3.8, 4) is 11.5 Å². The molecule has 0 aromatic heterocycles. The number of carbonyl (C=O) groups excluding carboxylic acids is 2. The van der Waals surface area contributed by atoms with Gasteiger partial charge in [-0.05, 0) is 36.8 Å². The minimum Gasteiger partial charge on any atom is -0.507 e. The van der Waals surface area contributed by atoms with E-state index in [1.54, 1.807) is 12.1 Å². The van der Waals surface area contributed by atoms with Gasteiger partial charge >= 0.3 is 6.03 Å². The summed E-state index contributed by atoms with van der Waals surface area (Å²) in [5.41, 5.74) is -0.776. The van der Waals surface area contributed by atoms with Crippen LogP contribution in [0.15, 0.2) is 47.4 Å². The first-order valence-electron chi connectivity index (χ1n) is 7.80. The summed E-state index contributed by atoms with van der Waals surface area (Å²) in [6, 6.07) is 9.24. The molecule has 0 spiro atoms. The number of anilines is 1. The number of rotatable bonds is 5. The van der Waals surface area contributed by atoms with Crippen LogP contribution < -0.4 is 20.1 Å². The molecule has 0 bridgehead atoms. The topological polar surface area (TPSA) is 134 Å². The predicted octanol–water partition coefficient (Wildman–Crippen LogP) is 1.26. The smallest absolute Gasteiger partial charge is 0.322 e. The molecule has 0 aliphatic carbocycles. The van der Waals surface area contributed by atoms with E-state index in [9.17, 15) is 23.1 Å². The Bertz CT molecular complexity index is 1040. The van der Waals surface area contributed by atoms with Crippen molar-refractivity contribution >= 4 is 27.6 Å². The van der Waals surface area contributed by atoms with Crippen LogP contribution in [0.25, 0.3) is 0 Å². The van der Waals surface area contributed by atoms with Gasteiger partial charge in [0, 0.05) is 11.8 Å². The quantitative estimate of drug-likeness (QED) is 0.567. The summed E-state index contributed by atoms with van der Waals surface area (Å²) < 4.78 is 32.6. The normalized spacial score (nSPS) is 19.3. The standard InChI is InChI=1S/C17H17N3O6S/c1-17(15(22)18-16(23)19-17)10-4-3-5-11(8-10)20-27(24,25)14-9-12(26-2)6-7-13(14)21/h3-9,20-21H,1-2H3,(H2,18,19,22,23)/t17-/m1/s1. The molecule has 1 heterocycles. The van der Waals surface area contributed by atoms with E-state index < -0.39 is 33.3 Å². The first kappa shape index (κ1) is 18.5. The van der Waals surface area contributed by atoms with E-state index in [1.165, 1.54) is 44.4 Å². The molecule has 27 heavy (non-hydrogen) atoms. The zero-order chi connectivity index (χ0) is 19.8. The maximum absolute atomic E-state index is 12.6. The van der Waals surface area contributed by atoms with E-state index in [1.807, 2.05) is 0 Å². The van der Waals surface area contributed by atoms with Gasteiger partial charge in [0.1, 0.15) is 21.9 Å². The van der Waals surface area contributed by atoms with Crippen molar-refractivity contribution in [3.05, 3.63) is 48.0 Å². The lowest BCUT2D eigenvalue weighted by Crippen LogP contribution is -2.40. The van der Waals surface area contributed by atoms with Gasteiger partial charge in [0.15, 0.2) is 0 Å². The van der Waals surface area contributed by atoms with Crippen molar-refractivity contribution in [3.63, 3.8) is 0 Å². The van der Waals surface area contributed by atoms with Crippen LogP contribution in [0.3, 0.4) is 0 Å². The van der Waals surface area contributed by atoms with Crippen LogP contribution in [-0.4, -0.2) is 32.6 Å². The largest absolute Gasteiger partial charge is 0.507 e. The molecule has 0 radical (unpaired) electrons. The van der Waals surface area contributed by atoms with Crippen LogP contribution in [0.5, 0.6) is 11.5 Å². The lowest BCUT2D eigenvalue weighted by molar-refractivity contribution is -0.123. The number of hydrogen-bond donors (Lipinski definition) is 4. The van der Waals surface area contributed by atoms with Gasteiger partial charge in [-0.2, -0.15) is 0 Å². The molecular formula is C17H17N3O6S. The Morgan fingerprint density at radius 1 is 1.15 bits per heavy atom. The number of aromatic hydroxyl groups is 1. The second kappa shape index (κ2) is 6.47. The number of urea groups is 1. The molecule has 1 aliphatic heterocycles. The highest BCUT2D eigenvalue weighted by Crippen LogP contribution is 2.30. The molecule has 3 rings (SSSR count). The molecule has 142 valence electrons. The number of sulfonamides is 1. The third kappa shape index (κ3) is 3.38. The van der Waals surface area contributed by atoms with Crippen LogP contribution in [-0.2, 0) is 20.4 Å². The molecule has 1 fully saturated rings. The second-order valence-electron chi connectivity index (χ2n) is 6.05. The summed E-state index contributed by atoms with van der Waals surface area (Å²) in [6.07, 6.45) is 0. The van der Waals surface area contributed by atoms with Crippen LogP contribution in [0, 0.1) is 0 Å². The molecule has 1 atom stereocenters. The number of carbonyl (C=O) groups is 2. The summed E-state index contributed by atoms with van der Waals surface area (Å²) in [6.45, 7) is 1.51. The molecule has 2 aromatic rings. The molecule has 9 nitrogen and oxygen atoms in total. The minimum atomic E-state index is -4.13.